The maximum absolute atomic E-state index is 13.5. The average Bonchev–Trinajstić information content (AvgIpc) is 2.84. The zero-order valence-electron chi connectivity index (χ0n) is 11.8. The summed E-state index contributed by atoms with van der Waals surface area (Å²) in [4.78, 5) is 0. The van der Waals surface area contributed by atoms with E-state index in [1.165, 1.54) is 25.0 Å². The maximum Gasteiger partial charge on any atom is 0.126 e. The summed E-state index contributed by atoms with van der Waals surface area (Å²) in [7, 11) is 0. The largest absolute Gasteiger partial charge is 0.310 e. The summed E-state index contributed by atoms with van der Waals surface area (Å²) < 4.78 is 27.0. The molecule has 1 aliphatic rings. The third-order valence-corrected chi connectivity index (χ3v) is 4.54. The normalized spacial score (nSPS) is 19.6. The number of hydrogen-bond donors (Lipinski definition) is 1. The highest BCUT2D eigenvalue weighted by Crippen LogP contribution is 2.50. The van der Waals surface area contributed by atoms with Gasteiger partial charge in [0.05, 0.1) is 0 Å². The molecular weight excluding hydrogens is 244 g/mol. The molecule has 0 heterocycles. The third-order valence-electron chi connectivity index (χ3n) is 4.54. The molecule has 1 atom stereocenters. The Bertz CT molecular complexity index is 405. The van der Waals surface area contributed by atoms with Gasteiger partial charge in [0.25, 0.3) is 0 Å². The molecule has 1 aromatic rings. The Hall–Kier alpha value is -0.960. The van der Waals surface area contributed by atoms with Crippen LogP contribution >= 0.6 is 0 Å². The SMILES string of the molecule is CCNC(c1cc(F)cc(F)c1)C1(CC)CCCC1. The Kier molecular flexibility index (Phi) is 4.56. The van der Waals surface area contributed by atoms with Crippen molar-refractivity contribution in [3.63, 3.8) is 0 Å². The van der Waals surface area contributed by atoms with Gasteiger partial charge in [-0.3, -0.25) is 0 Å². The van der Waals surface area contributed by atoms with Crippen LogP contribution in [0, 0.1) is 17.0 Å². The molecule has 0 amide bonds. The minimum Gasteiger partial charge on any atom is -0.310 e. The van der Waals surface area contributed by atoms with Crippen LogP contribution in [0.15, 0.2) is 18.2 Å². The minimum atomic E-state index is -0.484. The van der Waals surface area contributed by atoms with Gasteiger partial charge in [0, 0.05) is 12.1 Å². The van der Waals surface area contributed by atoms with E-state index in [4.69, 9.17) is 0 Å². The summed E-state index contributed by atoms with van der Waals surface area (Å²) >= 11 is 0. The fraction of sp³-hybridized carbons (Fsp3) is 0.625. The molecular formula is C16H23F2N. The molecule has 1 unspecified atom stereocenters. The molecule has 19 heavy (non-hydrogen) atoms. The molecule has 0 bridgehead atoms. The number of benzene rings is 1. The van der Waals surface area contributed by atoms with Crippen molar-refractivity contribution < 1.29 is 8.78 Å². The summed E-state index contributed by atoms with van der Waals surface area (Å²) in [5.74, 6) is -0.968. The van der Waals surface area contributed by atoms with E-state index < -0.39 is 11.6 Å². The summed E-state index contributed by atoms with van der Waals surface area (Å²) in [5.41, 5.74) is 0.902. The lowest BCUT2D eigenvalue weighted by molar-refractivity contribution is 0.188. The Morgan fingerprint density at radius 2 is 1.68 bits per heavy atom. The molecule has 1 aliphatic carbocycles. The second-order valence-corrected chi connectivity index (χ2v) is 5.62. The van der Waals surface area contributed by atoms with Crippen LogP contribution in [-0.4, -0.2) is 6.54 Å². The van der Waals surface area contributed by atoms with Crippen LogP contribution in [0.1, 0.15) is 57.6 Å². The first-order valence-electron chi connectivity index (χ1n) is 7.30. The molecule has 0 radical (unpaired) electrons. The maximum atomic E-state index is 13.5. The van der Waals surface area contributed by atoms with Crippen molar-refractivity contribution in [2.75, 3.05) is 6.54 Å². The molecule has 1 N–H and O–H groups in total. The molecule has 106 valence electrons. The van der Waals surface area contributed by atoms with E-state index in [-0.39, 0.29) is 11.5 Å². The summed E-state index contributed by atoms with van der Waals surface area (Å²) in [6, 6.07) is 3.95. The molecule has 1 saturated carbocycles. The molecule has 1 nitrogen and oxygen atoms in total. The highest BCUT2D eigenvalue weighted by molar-refractivity contribution is 5.24. The quantitative estimate of drug-likeness (QED) is 0.823. The Morgan fingerprint density at radius 3 is 2.16 bits per heavy atom. The molecule has 1 fully saturated rings. The summed E-state index contributed by atoms with van der Waals surface area (Å²) in [6.07, 6.45) is 5.75. The first-order chi connectivity index (χ1) is 9.11. The molecule has 1 aromatic carbocycles. The van der Waals surface area contributed by atoms with Crippen LogP contribution < -0.4 is 5.32 Å². The van der Waals surface area contributed by atoms with Gasteiger partial charge in [-0.15, -0.1) is 0 Å². The van der Waals surface area contributed by atoms with Crippen LogP contribution in [0.3, 0.4) is 0 Å². The van der Waals surface area contributed by atoms with Crippen molar-refractivity contribution in [1.82, 2.24) is 5.32 Å². The van der Waals surface area contributed by atoms with Crippen molar-refractivity contribution in [1.29, 1.82) is 0 Å². The van der Waals surface area contributed by atoms with E-state index in [1.807, 2.05) is 6.92 Å². The zero-order chi connectivity index (χ0) is 13.9. The van der Waals surface area contributed by atoms with E-state index in [1.54, 1.807) is 0 Å². The molecule has 0 aromatic heterocycles. The lowest BCUT2D eigenvalue weighted by atomic mass is 9.73. The van der Waals surface area contributed by atoms with Gasteiger partial charge >= 0.3 is 0 Å². The van der Waals surface area contributed by atoms with Crippen LogP contribution in [0.2, 0.25) is 0 Å². The van der Waals surface area contributed by atoms with Crippen molar-refractivity contribution in [2.45, 2.75) is 52.0 Å². The highest BCUT2D eigenvalue weighted by atomic mass is 19.1. The third kappa shape index (κ3) is 2.97. The highest BCUT2D eigenvalue weighted by Gasteiger charge is 2.40. The Balaban J connectivity index is 2.38. The van der Waals surface area contributed by atoms with E-state index >= 15 is 0 Å². The second-order valence-electron chi connectivity index (χ2n) is 5.62. The van der Waals surface area contributed by atoms with Gasteiger partial charge in [0.2, 0.25) is 0 Å². The van der Waals surface area contributed by atoms with Gasteiger partial charge in [-0.25, -0.2) is 8.78 Å². The van der Waals surface area contributed by atoms with Crippen molar-refractivity contribution in [3.05, 3.63) is 35.4 Å². The fourth-order valence-corrected chi connectivity index (χ4v) is 3.56. The van der Waals surface area contributed by atoms with Crippen molar-refractivity contribution in [2.24, 2.45) is 5.41 Å². The number of halogens is 2. The second kappa shape index (κ2) is 6.00. The van der Waals surface area contributed by atoms with Gasteiger partial charge in [0.15, 0.2) is 0 Å². The van der Waals surface area contributed by atoms with Gasteiger partial charge in [-0.1, -0.05) is 26.7 Å². The first-order valence-corrected chi connectivity index (χ1v) is 7.30. The Labute approximate surface area is 114 Å². The number of nitrogens with one attached hydrogen (secondary N) is 1. The lowest BCUT2D eigenvalue weighted by Crippen LogP contribution is -2.36. The molecule has 3 heteroatoms. The van der Waals surface area contributed by atoms with Gasteiger partial charge in [-0.2, -0.15) is 0 Å². The van der Waals surface area contributed by atoms with Crippen LogP contribution in [0.25, 0.3) is 0 Å². The molecule has 0 spiro atoms. The smallest absolute Gasteiger partial charge is 0.126 e. The van der Waals surface area contributed by atoms with Crippen LogP contribution in [0.4, 0.5) is 8.78 Å². The molecule has 2 rings (SSSR count). The van der Waals surface area contributed by atoms with Crippen molar-refractivity contribution >= 4 is 0 Å². The van der Waals surface area contributed by atoms with Crippen molar-refractivity contribution in [3.8, 4) is 0 Å². The van der Waals surface area contributed by atoms with E-state index in [0.29, 0.717) is 0 Å². The predicted molar refractivity (Wildman–Crippen MR) is 74.0 cm³/mol. The van der Waals surface area contributed by atoms with Crippen LogP contribution in [-0.2, 0) is 0 Å². The first kappa shape index (κ1) is 14.4. The van der Waals surface area contributed by atoms with Gasteiger partial charge < -0.3 is 5.32 Å². The number of hydrogen-bond acceptors (Lipinski definition) is 1. The molecule has 0 aliphatic heterocycles. The van der Waals surface area contributed by atoms with Crippen LogP contribution in [0.5, 0.6) is 0 Å². The minimum absolute atomic E-state index is 0.0511. The monoisotopic (exact) mass is 267 g/mol. The standard InChI is InChI=1S/C16H23F2N/c1-3-16(7-5-6-8-16)15(19-4-2)12-9-13(17)11-14(18)10-12/h9-11,15,19H,3-8H2,1-2H3. The summed E-state index contributed by atoms with van der Waals surface area (Å²) in [6.45, 7) is 5.04. The Morgan fingerprint density at radius 1 is 1.11 bits per heavy atom. The molecule has 0 saturated heterocycles. The number of rotatable bonds is 5. The van der Waals surface area contributed by atoms with Gasteiger partial charge in [-0.05, 0) is 48.9 Å². The fourth-order valence-electron chi connectivity index (χ4n) is 3.56. The lowest BCUT2D eigenvalue weighted by Gasteiger charge is -2.38. The van der Waals surface area contributed by atoms with E-state index in [2.05, 4.69) is 12.2 Å². The average molecular weight is 267 g/mol. The predicted octanol–water partition coefficient (Wildman–Crippen LogP) is 4.59. The topological polar surface area (TPSA) is 12.0 Å². The summed E-state index contributed by atoms with van der Waals surface area (Å²) in [5, 5.41) is 3.45. The van der Waals surface area contributed by atoms with Gasteiger partial charge in [0.1, 0.15) is 11.6 Å². The van der Waals surface area contributed by atoms with E-state index in [0.717, 1.165) is 37.4 Å². The van der Waals surface area contributed by atoms with E-state index in [9.17, 15) is 8.78 Å². The zero-order valence-corrected chi connectivity index (χ0v) is 11.8.